The minimum absolute atomic E-state index is 0.0128. The number of halogens is 3. The Hall–Kier alpha value is -1.45. The molecule has 1 atom stereocenters. The van der Waals surface area contributed by atoms with Gasteiger partial charge in [-0.1, -0.05) is 60.1 Å². The second-order valence-electron chi connectivity index (χ2n) is 4.69. The van der Waals surface area contributed by atoms with Crippen molar-refractivity contribution >= 4 is 11.6 Å². The zero-order valence-corrected chi connectivity index (χ0v) is 11.9. The third-order valence-corrected chi connectivity index (χ3v) is 3.54. The molecule has 0 radical (unpaired) electrons. The molecule has 4 heteroatoms. The van der Waals surface area contributed by atoms with Gasteiger partial charge in [0.05, 0.1) is 6.54 Å². The molecule has 0 bridgehead atoms. The van der Waals surface area contributed by atoms with Crippen molar-refractivity contribution in [1.29, 1.82) is 0 Å². The highest BCUT2D eigenvalue weighted by molar-refractivity contribution is 6.31. The van der Waals surface area contributed by atoms with Crippen molar-refractivity contribution in [2.24, 2.45) is 0 Å². The Bertz CT molecular complexity index is 557. The molecule has 0 spiro atoms. The Morgan fingerprint density at radius 1 is 1.05 bits per heavy atom. The summed E-state index contributed by atoms with van der Waals surface area (Å²) >= 11 is 6.06. The fourth-order valence-electron chi connectivity index (χ4n) is 2.00. The largest absolute Gasteiger partial charge is 0.304 e. The van der Waals surface area contributed by atoms with Gasteiger partial charge in [0.1, 0.15) is 0 Å². The molecule has 0 saturated carbocycles. The molecule has 1 nitrogen and oxygen atoms in total. The van der Waals surface area contributed by atoms with Crippen molar-refractivity contribution in [3.8, 4) is 0 Å². The zero-order valence-electron chi connectivity index (χ0n) is 11.1. The minimum Gasteiger partial charge on any atom is -0.304 e. The molecule has 0 aliphatic rings. The number of benzene rings is 2. The molecule has 0 unspecified atom stereocenters. The van der Waals surface area contributed by atoms with Crippen molar-refractivity contribution in [1.82, 2.24) is 5.32 Å². The standard InChI is InChI=1S/C16H16ClF2N/c1-12(14-9-5-6-10-15(14)17)20-11-16(18,19)13-7-3-2-4-8-13/h2-10,12,20H,11H2,1H3/t12-/m1/s1. The fourth-order valence-corrected chi connectivity index (χ4v) is 2.30. The van der Waals surface area contributed by atoms with E-state index in [9.17, 15) is 8.78 Å². The lowest BCUT2D eigenvalue weighted by Crippen LogP contribution is -2.32. The van der Waals surface area contributed by atoms with Crippen LogP contribution in [0.25, 0.3) is 0 Å². The van der Waals surface area contributed by atoms with Gasteiger partial charge in [-0.2, -0.15) is 8.78 Å². The van der Waals surface area contributed by atoms with E-state index in [1.807, 2.05) is 25.1 Å². The summed E-state index contributed by atoms with van der Waals surface area (Å²) in [6.45, 7) is 1.39. The first kappa shape index (κ1) is 14.9. The lowest BCUT2D eigenvalue weighted by molar-refractivity contribution is -0.00534. The molecule has 106 valence electrons. The van der Waals surface area contributed by atoms with E-state index in [4.69, 9.17) is 11.6 Å². The Morgan fingerprint density at radius 2 is 1.65 bits per heavy atom. The lowest BCUT2D eigenvalue weighted by atomic mass is 10.1. The monoisotopic (exact) mass is 295 g/mol. The highest BCUT2D eigenvalue weighted by atomic mass is 35.5. The minimum atomic E-state index is -2.91. The average molecular weight is 296 g/mol. The number of hydrogen-bond acceptors (Lipinski definition) is 1. The molecule has 0 fully saturated rings. The van der Waals surface area contributed by atoms with Crippen molar-refractivity contribution < 1.29 is 8.78 Å². The number of alkyl halides is 2. The molecule has 2 rings (SSSR count). The van der Waals surface area contributed by atoms with Crippen LogP contribution in [0.4, 0.5) is 8.78 Å². The quantitative estimate of drug-likeness (QED) is 0.837. The molecular formula is C16H16ClF2N. The van der Waals surface area contributed by atoms with Crippen LogP contribution in [-0.4, -0.2) is 6.54 Å². The Kier molecular flexibility index (Phi) is 4.73. The Labute approximate surface area is 122 Å². The summed E-state index contributed by atoms with van der Waals surface area (Å²) in [5, 5.41) is 3.42. The molecule has 0 aromatic heterocycles. The molecule has 0 heterocycles. The van der Waals surface area contributed by atoms with E-state index in [-0.39, 0.29) is 11.6 Å². The summed E-state index contributed by atoms with van der Waals surface area (Å²) in [6.07, 6.45) is 0. The van der Waals surface area contributed by atoms with Gasteiger partial charge in [0.15, 0.2) is 0 Å². The maximum absolute atomic E-state index is 14.0. The zero-order chi connectivity index (χ0) is 14.6. The molecule has 20 heavy (non-hydrogen) atoms. The summed E-state index contributed by atoms with van der Waals surface area (Å²) < 4.78 is 28.1. The van der Waals surface area contributed by atoms with E-state index < -0.39 is 12.5 Å². The highest BCUT2D eigenvalue weighted by Gasteiger charge is 2.31. The summed E-state index contributed by atoms with van der Waals surface area (Å²) in [5.41, 5.74) is 0.830. The van der Waals surface area contributed by atoms with Gasteiger partial charge in [-0.05, 0) is 18.6 Å². The Balaban J connectivity index is 2.03. The molecule has 0 aliphatic carbocycles. The van der Waals surface area contributed by atoms with Crippen molar-refractivity contribution in [3.63, 3.8) is 0 Å². The van der Waals surface area contributed by atoms with Gasteiger partial charge in [0.2, 0.25) is 0 Å². The van der Waals surface area contributed by atoms with E-state index in [2.05, 4.69) is 5.32 Å². The summed E-state index contributed by atoms with van der Waals surface area (Å²) in [4.78, 5) is 0. The van der Waals surface area contributed by atoms with Crippen LogP contribution in [0.3, 0.4) is 0 Å². The summed E-state index contributed by atoms with van der Waals surface area (Å²) in [5.74, 6) is -2.91. The third-order valence-electron chi connectivity index (χ3n) is 3.20. The summed E-state index contributed by atoms with van der Waals surface area (Å²) in [6, 6.07) is 14.8. The number of rotatable bonds is 5. The van der Waals surface area contributed by atoms with Gasteiger partial charge >= 0.3 is 0 Å². The van der Waals surface area contributed by atoms with E-state index in [1.165, 1.54) is 12.1 Å². The first-order valence-electron chi connectivity index (χ1n) is 6.42. The van der Waals surface area contributed by atoms with Gasteiger partial charge in [-0.25, -0.2) is 0 Å². The van der Waals surface area contributed by atoms with Gasteiger partial charge < -0.3 is 5.32 Å². The smallest absolute Gasteiger partial charge is 0.285 e. The van der Waals surface area contributed by atoms with E-state index in [0.717, 1.165) is 5.56 Å². The van der Waals surface area contributed by atoms with Gasteiger partial charge in [-0.15, -0.1) is 0 Å². The van der Waals surface area contributed by atoms with E-state index in [0.29, 0.717) is 5.02 Å². The van der Waals surface area contributed by atoms with Crippen molar-refractivity contribution in [2.75, 3.05) is 6.54 Å². The number of hydrogen-bond donors (Lipinski definition) is 1. The average Bonchev–Trinajstić information content (AvgIpc) is 2.46. The van der Waals surface area contributed by atoms with Crippen LogP contribution in [-0.2, 0) is 5.92 Å². The van der Waals surface area contributed by atoms with Crippen LogP contribution in [0.2, 0.25) is 5.02 Å². The summed E-state index contributed by atoms with van der Waals surface area (Å²) in [7, 11) is 0. The highest BCUT2D eigenvalue weighted by Crippen LogP contribution is 2.28. The molecule has 1 N–H and O–H groups in total. The van der Waals surface area contributed by atoms with Gasteiger partial charge in [-0.3, -0.25) is 0 Å². The molecular weight excluding hydrogens is 280 g/mol. The normalized spacial score (nSPS) is 13.2. The second-order valence-corrected chi connectivity index (χ2v) is 5.10. The van der Waals surface area contributed by atoms with Crippen LogP contribution >= 0.6 is 11.6 Å². The second kappa shape index (κ2) is 6.33. The van der Waals surface area contributed by atoms with Crippen LogP contribution in [0.1, 0.15) is 24.1 Å². The van der Waals surface area contributed by atoms with Crippen molar-refractivity contribution in [2.45, 2.75) is 18.9 Å². The molecule has 0 amide bonds. The predicted octanol–water partition coefficient (Wildman–Crippen LogP) is 4.78. The topological polar surface area (TPSA) is 12.0 Å². The van der Waals surface area contributed by atoms with Gasteiger partial charge in [0.25, 0.3) is 5.92 Å². The first-order chi connectivity index (χ1) is 9.50. The molecule has 0 aliphatic heterocycles. The Morgan fingerprint density at radius 3 is 2.30 bits per heavy atom. The van der Waals surface area contributed by atoms with Crippen LogP contribution in [0.15, 0.2) is 54.6 Å². The maximum Gasteiger partial charge on any atom is 0.285 e. The van der Waals surface area contributed by atoms with Crippen LogP contribution in [0.5, 0.6) is 0 Å². The van der Waals surface area contributed by atoms with Crippen LogP contribution in [0, 0.1) is 0 Å². The van der Waals surface area contributed by atoms with E-state index >= 15 is 0 Å². The van der Waals surface area contributed by atoms with E-state index in [1.54, 1.807) is 24.3 Å². The SMILES string of the molecule is C[C@@H](NCC(F)(F)c1ccccc1)c1ccccc1Cl. The van der Waals surface area contributed by atoms with Gasteiger partial charge in [0, 0.05) is 16.6 Å². The first-order valence-corrected chi connectivity index (χ1v) is 6.79. The number of nitrogens with one attached hydrogen (secondary N) is 1. The molecule has 0 saturated heterocycles. The third kappa shape index (κ3) is 3.56. The van der Waals surface area contributed by atoms with Crippen molar-refractivity contribution in [3.05, 3.63) is 70.7 Å². The maximum atomic E-state index is 14.0. The fraction of sp³-hybridized carbons (Fsp3) is 0.250. The predicted molar refractivity (Wildman–Crippen MR) is 78.2 cm³/mol. The van der Waals surface area contributed by atoms with Crippen LogP contribution < -0.4 is 5.32 Å². The molecule has 2 aromatic carbocycles. The molecule has 2 aromatic rings. The lowest BCUT2D eigenvalue weighted by Gasteiger charge is -2.21.